The molecule has 0 aromatic rings. The van der Waals surface area contributed by atoms with E-state index in [0.29, 0.717) is 0 Å². The summed E-state index contributed by atoms with van der Waals surface area (Å²) < 4.78 is 0. The molecule has 0 saturated carbocycles. The van der Waals surface area contributed by atoms with Crippen molar-refractivity contribution in [1.29, 1.82) is 0 Å². The Balaban J connectivity index is 1.50. The van der Waals surface area contributed by atoms with Gasteiger partial charge in [0.2, 0.25) is 0 Å². The SMILES string of the molecule is C1CC2CN(CC3CCSC3)CCN2C1. The fraction of sp³-hybridized carbons (Fsp3) is 1.00. The van der Waals surface area contributed by atoms with Crippen molar-refractivity contribution in [2.45, 2.75) is 25.3 Å². The fourth-order valence-electron chi connectivity index (χ4n) is 3.31. The van der Waals surface area contributed by atoms with Crippen LogP contribution in [0, 0.1) is 5.92 Å². The highest BCUT2D eigenvalue weighted by Crippen LogP contribution is 2.26. The van der Waals surface area contributed by atoms with Gasteiger partial charge in [0, 0.05) is 32.2 Å². The van der Waals surface area contributed by atoms with Crippen molar-refractivity contribution in [2.75, 3.05) is 44.2 Å². The molecule has 15 heavy (non-hydrogen) atoms. The molecule has 0 aromatic carbocycles. The second-order valence-electron chi connectivity index (χ2n) is 5.32. The molecule has 0 radical (unpaired) electrons. The molecule has 3 heteroatoms. The molecule has 0 spiro atoms. The molecule has 0 bridgehead atoms. The summed E-state index contributed by atoms with van der Waals surface area (Å²) in [7, 11) is 0. The predicted octanol–water partition coefficient (Wildman–Crippen LogP) is 1.52. The molecule has 3 aliphatic rings. The number of piperazine rings is 1. The Labute approximate surface area is 97.4 Å². The highest BCUT2D eigenvalue weighted by Gasteiger charge is 2.31. The van der Waals surface area contributed by atoms with Crippen LogP contribution in [-0.4, -0.2) is 60.1 Å². The average molecular weight is 226 g/mol. The third-order valence-corrected chi connectivity index (χ3v) is 5.44. The topological polar surface area (TPSA) is 6.48 Å². The summed E-state index contributed by atoms with van der Waals surface area (Å²) >= 11 is 2.15. The van der Waals surface area contributed by atoms with Crippen LogP contribution in [0.15, 0.2) is 0 Å². The first-order valence-electron chi connectivity index (χ1n) is 6.46. The maximum atomic E-state index is 2.74. The third kappa shape index (κ3) is 2.34. The molecule has 0 N–H and O–H groups in total. The number of hydrogen-bond donors (Lipinski definition) is 0. The Hall–Kier alpha value is 0.270. The zero-order valence-corrected chi connectivity index (χ0v) is 10.3. The number of nitrogens with zero attached hydrogens (tertiary/aromatic N) is 2. The van der Waals surface area contributed by atoms with Crippen molar-refractivity contribution in [1.82, 2.24) is 9.80 Å². The Morgan fingerprint density at radius 1 is 1.13 bits per heavy atom. The van der Waals surface area contributed by atoms with E-state index in [4.69, 9.17) is 0 Å². The van der Waals surface area contributed by atoms with Gasteiger partial charge >= 0.3 is 0 Å². The van der Waals surface area contributed by atoms with Gasteiger partial charge in [-0.2, -0.15) is 11.8 Å². The van der Waals surface area contributed by atoms with Crippen LogP contribution in [-0.2, 0) is 0 Å². The first kappa shape index (κ1) is 10.4. The van der Waals surface area contributed by atoms with Crippen molar-refractivity contribution in [3.8, 4) is 0 Å². The van der Waals surface area contributed by atoms with Gasteiger partial charge in [-0.15, -0.1) is 0 Å². The van der Waals surface area contributed by atoms with E-state index in [1.165, 1.54) is 63.5 Å². The van der Waals surface area contributed by atoms with Crippen LogP contribution < -0.4 is 0 Å². The lowest BCUT2D eigenvalue weighted by Gasteiger charge is -2.38. The van der Waals surface area contributed by atoms with Crippen LogP contribution >= 0.6 is 11.8 Å². The second kappa shape index (κ2) is 4.64. The van der Waals surface area contributed by atoms with E-state index < -0.39 is 0 Å². The van der Waals surface area contributed by atoms with E-state index in [0.717, 1.165) is 12.0 Å². The number of thioether (sulfide) groups is 1. The number of fused-ring (bicyclic) bond motifs is 1. The van der Waals surface area contributed by atoms with E-state index >= 15 is 0 Å². The standard InChI is InChI=1S/C12H22N2S/c1-2-12-9-13(5-6-14(12)4-1)8-11-3-7-15-10-11/h11-12H,1-10H2. The monoisotopic (exact) mass is 226 g/mol. The van der Waals surface area contributed by atoms with E-state index in [2.05, 4.69) is 21.6 Å². The van der Waals surface area contributed by atoms with Crippen molar-refractivity contribution in [3.05, 3.63) is 0 Å². The highest BCUT2D eigenvalue weighted by molar-refractivity contribution is 7.99. The summed E-state index contributed by atoms with van der Waals surface area (Å²) in [4.78, 5) is 5.45. The van der Waals surface area contributed by atoms with Crippen LogP contribution in [0.4, 0.5) is 0 Å². The molecular weight excluding hydrogens is 204 g/mol. The lowest BCUT2D eigenvalue weighted by Crippen LogP contribution is -2.51. The van der Waals surface area contributed by atoms with Crippen LogP contribution in [0.3, 0.4) is 0 Å². The molecule has 2 unspecified atom stereocenters. The van der Waals surface area contributed by atoms with Gasteiger partial charge in [0.15, 0.2) is 0 Å². The lowest BCUT2D eigenvalue weighted by molar-refractivity contribution is 0.0945. The molecule has 3 fully saturated rings. The van der Waals surface area contributed by atoms with E-state index in [-0.39, 0.29) is 0 Å². The molecule has 3 rings (SSSR count). The van der Waals surface area contributed by atoms with Crippen LogP contribution in [0.5, 0.6) is 0 Å². The van der Waals surface area contributed by atoms with Crippen LogP contribution in [0.1, 0.15) is 19.3 Å². The largest absolute Gasteiger partial charge is 0.300 e. The minimum atomic E-state index is 0.910. The lowest BCUT2D eigenvalue weighted by atomic mass is 10.1. The van der Waals surface area contributed by atoms with E-state index in [1.54, 1.807) is 0 Å². The minimum Gasteiger partial charge on any atom is -0.300 e. The van der Waals surface area contributed by atoms with Gasteiger partial charge in [0.1, 0.15) is 0 Å². The molecule has 0 amide bonds. The van der Waals surface area contributed by atoms with Gasteiger partial charge in [-0.1, -0.05) is 0 Å². The fourth-order valence-corrected chi connectivity index (χ4v) is 4.59. The number of rotatable bonds is 2. The van der Waals surface area contributed by atoms with Crippen molar-refractivity contribution in [2.24, 2.45) is 5.92 Å². The summed E-state index contributed by atoms with van der Waals surface area (Å²) in [5.41, 5.74) is 0. The molecule has 0 aromatic heterocycles. The first-order valence-corrected chi connectivity index (χ1v) is 7.61. The summed E-state index contributed by atoms with van der Waals surface area (Å²) in [6.45, 7) is 6.79. The van der Waals surface area contributed by atoms with Gasteiger partial charge in [-0.25, -0.2) is 0 Å². The molecular formula is C12H22N2S. The second-order valence-corrected chi connectivity index (χ2v) is 6.47. The Morgan fingerprint density at radius 2 is 2.13 bits per heavy atom. The average Bonchev–Trinajstić information content (AvgIpc) is 2.87. The third-order valence-electron chi connectivity index (χ3n) is 4.21. The Bertz CT molecular complexity index is 214. The molecule has 2 atom stereocenters. The van der Waals surface area contributed by atoms with Crippen molar-refractivity contribution >= 4 is 11.8 Å². The molecule has 2 nitrogen and oxygen atoms in total. The summed E-state index contributed by atoms with van der Waals surface area (Å²) in [5, 5.41) is 0. The molecule has 3 aliphatic heterocycles. The normalized spacial score (nSPS) is 38.4. The van der Waals surface area contributed by atoms with Crippen molar-refractivity contribution in [3.63, 3.8) is 0 Å². The minimum absolute atomic E-state index is 0.910. The summed E-state index contributed by atoms with van der Waals surface area (Å²) in [5.74, 6) is 3.84. The zero-order valence-electron chi connectivity index (χ0n) is 9.53. The highest BCUT2D eigenvalue weighted by atomic mass is 32.2. The molecule has 0 aliphatic carbocycles. The van der Waals surface area contributed by atoms with Gasteiger partial charge < -0.3 is 4.90 Å². The van der Waals surface area contributed by atoms with Gasteiger partial charge in [0.25, 0.3) is 0 Å². The van der Waals surface area contributed by atoms with Crippen LogP contribution in [0.25, 0.3) is 0 Å². The summed E-state index contributed by atoms with van der Waals surface area (Å²) in [6.07, 6.45) is 4.36. The maximum Gasteiger partial charge on any atom is 0.0224 e. The van der Waals surface area contributed by atoms with Crippen molar-refractivity contribution < 1.29 is 0 Å². The summed E-state index contributed by atoms with van der Waals surface area (Å²) in [6, 6.07) is 0.910. The van der Waals surface area contributed by atoms with E-state index in [1.807, 2.05) is 0 Å². The van der Waals surface area contributed by atoms with Gasteiger partial charge in [-0.3, -0.25) is 4.90 Å². The smallest absolute Gasteiger partial charge is 0.0224 e. The Kier molecular flexibility index (Phi) is 3.23. The van der Waals surface area contributed by atoms with E-state index in [9.17, 15) is 0 Å². The number of hydrogen-bond acceptors (Lipinski definition) is 3. The quantitative estimate of drug-likeness (QED) is 0.705. The Morgan fingerprint density at radius 3 is 3.00 bits per heavy atom. The van der Waals surface area contributed by atoms with Gasteiger partial charge in [0.05, 0.1) is 0 Å². The molecule has 86 valence electrons. The zero-order chi connectivity index (χ0) is 10.1. The first-order chi connectivity index (χ1) is 7.42. The maximum absolute atomic E-state index is 2.74. The molecule has 3 heterocycles. The predicted molar refractivity (Wildman–Crippen MR) is 66.5 cm³/mol. The van der Waals surface area contributed by atoms with Crippen LogP contribution in [0.2, 0.25) is 0 Å². The molecule has 3 saturated heterocycles. The van der Waals surface area contributed by atoms with Gasteiger partial charge in [-0.05, 0) is 43.2 Å².